The third-order valence-electron chi connectivity index (χ3n) is 4.14. The highest BCUT2D eigenvalue weighted by molar-refractivity contribution is 5.94. The molecule has 3 aromatic rings. The molecule has 3 N–H and O–H groups in total. The molecule has 0 fully saturated rings. The Kier molecular flexibility index (Phi) is 10.3. The summed E-state index contributed by atoms with van der Waals surface area (Å²) in [6.45, 7) is -1.10. The summed E-state index contributed by atoms with van der Waals surface area (Å²) in [5.74, 6) is -3.95. The highest BCUT2D eigenvalue weighted by Gasteiger charge is 2.14. The van der Waals surface area contributed by atoms with Crippen molar-refractivity contribution in [3.63, 3.8) is 0 Å². The molecule has 0 unspecified atom stereocenters. The number of aliphatic carboxylic acids is 1. The van der Waals surface area contributed by atoms with Crippen LogP contribution in [0.25, 0.3) is 0 Å². The molecule has 0 amide bonds. The first-order valence-corrected chi connectivity index (χ1v) is 10.1. The number of hydrogen-bond acceptors (Lipinski definition) is 9. The van der Waals surface area contributed by atoms with Crippen LogP contribution in [-0.4, -0.2) is 52.4 Å². The molecule has 0 radical (unpaired) electrons. The van der Waals surface area contributed by atoms with Gasteiger partial charge < -0.3 is 29.5 Å². The minimum absolute atomic E-state index is 0.00774. The largest absolute Gasteiger partial charge is 0.507 e. The van der Waals surface area contributed by atoms with E-state index in [4.69, 9.17) is 14.6 Å². The summed E-state index contributed by atoms with van der Waals surface area (Å²) < 4.78 is 14.1. The Morgan fingerprint density at radius 1 is 0.600 bits per heavy atom. The smallest absolute Gasteiger partial charge is 0.344 e. The zero-order chi connectivity index (χ0) is 25.6. The summed E-state index contributed by atoms with van der Waals surface area (Å²) in [7, 11) is 0. The van der Waals surface area contributed by atoms with Crippen molar-refractivity contribution in [2.45, 2.75) is 6.61 Å². The normalized spacial score (nSPS) is 9.71. The number of ether oxygens (including phenoxy) is 3. The number of phenols is 2. The summed E-state index contributed by atoms with van der Waals surface area (Å²) >= 11 is 0. The van der Waals surface area contributed by atoms with Crippen molar-refractivity contribution in [1.29, 1.82) is 0 Å². The van der Waals surface area contributed by atoms with Gasteiger partial charge in [-0.1, -0.05) is 54.6 Å². The molecular weight excluding hydrogens is 460 g/mol. The zero-order valence-corrected chi connectivity index (χ0v) is 18.3. The Balaban J connectivity index is 0.000000269. The minimum Gasteiger partial charge on any atom is -0.507 e. The first kappa shape index (κ1) is 26.4. The maximum atomic E-state index is 11.7. The van der Waals surface area contributed by atoms with Crippen LogP contribution in [0.4, 0.5) is 0 Å². The van der Waals surface area contributed by atoms with Crippen LogP contribution >= 0.6 is 0 Å². The predicted molar refractivity (Wildman–Crippen MR) is 121 cm³/mol. The Morgan fingerprint density at radius 2 is 1.06 bits per heavy atom. The first-order valence-electron chi connectivity index (χ1n) is 10.1. The number of carboxylic acids is 1. The number of benzene rings is 3. The molecule has 0 aliphatic heterocycles. The highest BCUT2D eigenvalue weighted by atomic mass is 16.6. The number of carboxylic acid groups (broad SMARTS) is 1. The molecule has 0 atom stereocenters. The van der Waals surface area contributed by atoms with Crippen molar-refractivity contribution in [3.8, 4) is 11.5 Å². The van der Waals surface area contributed by atoms with Crippen LogP contribution in [-0.2, 0) is 30.4 Å². The van der Waals surface area contributed by atoms with E-state index < -0.39 is 37.1 Å². The highest BCUT2D eigenvalue weighted by Crippen LogP contribution is 2.17. The number of phenolic OH excluding ortho intramolecular Hbond substituents is 2. The van der Waals surface area contributed by atoms with E-state index in [-0.39, 0.29) is 29.2 Å². The quantitative estimate of drug-likeness (QED) is 0.322. The number of rotatable bonds is 8. The lowest BCUT2D eigenvalue weighted by atomic mass is 10.2. The molecule has 0 aliphatic rings. The second-order valence-corrected chi connectivity index (χ2v) is 6.73. The summed E-state index contributed by atoms with van der Waals surface area (Å²) in [6.07, 6.45) is 0. The Hall–Kier alpha value is -4.86. The summed E-state index contributed by atoms with van der Waals surface area (Å²) in [6, 6.07) is 20.9. The second-order valence-electron chi connectivity index (χ2n) is 6.73. The van der Waals surface area contributed by atoms with Gasteiger partial charge in [0.2, 0.25) is 0 Å². The summed E-state index contributed by atoms with van der Waals surface area (Å²) in [4.78, 5) is 44.3. The Labute approximate surface area is 199 Å². The van der Waals surface area contributed by atoms with E-state index in [1.807, 2.05) is 30.3 Å². The van der Waals surface area contributed by atoms with E-state index >= 15 is 0 Å². The van der Waals surface area contributed by atoms with Crippen LogP contribution in [0.3, 0.4) is 0 Å². The molecule has 0 aliphatic carbocycles. The van der Waals surface area contributed by atoms with Crippen molar-refractivity contribution in [2.75, 3.05) is 13.2 Å². The van der Waals surface area contributed by atoms with Crippen molar-refractivity contribution in [2.24, 2.45) is 0 Å². The number of carbonyl (C=O) groups excluding carboxylic acids is 3. The lowest BCUT2D eigenvalue weighted by Gasteiger charge is -2.07. The molecule has 3 rings (SSSR count). The molecule has 10 heteroatoms. The van der Waals surface area contributed by atoms with Gasteiger partial charge in [-0.2, -0.15) is 0 Å². The van der Waals surface area contributed by atoms with Crippen molar-refractivity contribution in [1.82, 2.24) is 0 Å². The fourth-order valence-corrected chi connectivity index (χ4v) is 2.48. The number of carbonyl (C=O) groups is 4. The molecule has 182 valence electrons. The third-order valence-corrected chi connectivity index (χ3v) is 4.14. The Morgan fingerprint density at radius 3 is 1.54 bits per heavy atom. The maximum absolute atomic E-state index is 11.7. The van der Waals surface area contributed by atoms with E-state index in [0.29, 0.717) is 0 Å². The summed E-state index contributed by atoms with van der Waals surface area (Å²) in [5, 5.41) is 26.9. The van der Waals surface area contributed by atoms with Crippen LogP contribution < -0.4 is 0 Å². The molecule has 10 nitrogen and oxygen atoms in total. The molecule has 0 saturated heterocycles. The van der Waals surface area contributed by atoms with Gasteiger partial charge in [0.15, 0.2) is 13.2 Å². The van der Waals surface area contributed by atoms with Gasteiger partial charge >= 0.3 is 23.9 Å². The van der Waals surface area contributed by atoms with E-state index in [0.717, 1.165) is 5.56 Å². The number of aromatic hydroxyl groups is 2. The SMILES string of the molecule is O=C(COC(=O)c1ccccc1O)OCc1ccccc1.O=C(O)COC(=O)c1ccccc1O. The van der Waals surface area contributed by atoms with E-state index in [9.17, 15) is 29.4 Å². The van der Waals surface area contributed by atoms with Crippen LogP contribution in [0, 0.1) is 0 Å². The lowest BCUT2D eigenvalue weighted by Crippen LogP contribution is -2.16. The Bertz CT molecular complexity index is 1160. The first-order chi connectivity index (χ1) is 16.8. The maximum Gasteiger partial charge on any atom is 0.344 e. The fourth-order valence-electron chi connectivity index (χ4n) is 2.48. The van der Waals surface area contributed by atoms with Crippen LogP contribution in [0.1, 0.15) is 26.3 Å². The standard InChI is InChI=1S/C16H14O5.C9H8O5/c17-14-9-5-4-8-13(14)16(19)21-11-15(18)20-10-12-6-2-1-3-7-12;10-7-4-2-1-3-6(7)9(13)14-5-8(11)12/h1-9,17H,10-11H2;1-4,10H,5H2,(H,11,12). The number of para-hydroxylation sites is 2. The van der Waals surface area contributed by atoms with E-state index in [1.54, 1.807) is 18.2 Å². The van der Waals surface area contributed by atoms with Crippen molar-refractivity contribution in [3.05, 3.63) is 95.6 Å². The minimum atomic E-state index is -1.24. The van der Waals surface area contributed by atoms with Crippen LogP contribution in [0.2, 0.25) is 0 Å². The zero-order valence-electron chi connectivity index (χ0n) is 18.3. The average Bonchev–Trinajstić information content (AvgIpc) is 2.86. The molecule has 3 aromatic carbocycles. The molecular formula is C25H22O10. The van der Waals surface area contributed by atoms with Crippen LogP contribution in [0.5, 0.6) is 11.5 Å². The average molecular weight is 482 g/mol. The van der Waals surface area contributed by atoms with Crippen LogP contribution in [0.15, 0.2) is 78.9 Å². The van der Waals surface area contributed by atoms with Crippen molar-refractivity contribution >= 4 is 23.9 Å². The van der Waals surface area contributed by atoms with Gasteiger partial charge in [-0.3, -0.25) is 0 Å². The van der Waals surface area contributed by atoms with Gasteiger partial charge in [0.25, 0.3) is 0 Å². The van der Waals surface area contributed by atoms with E-state index in [1.165, 1.54) is 30.3 Å². The topological polar surface area (TPSA) is 157 Å². The molecule has 0 spiro atoms. The van der Waals surface area contributed by atoms with Gasteiger partial charge in [-0.15, -0.1) is 0 Å². The van der Waals surface area contributed by atoms with E-state index in [2.05, 4.69) is 4.74 Å². The van der Waals surface area contributed by atoms with Crippen molar-refractivity contribution < 1.29 is 48.7 Å². The lowest BCUT2D eigenvalue weighted by molar-refractivity contribution is -0.148. The molecule has 35 heavy (non-hydrogen) atoms. The molecule has 0 aromatic heterocycles. The predicted octanol–water partition coefficient (Wildman–Crippen LogP) is 2.93. The fraction of sp³-hybridized carbons (Fsp3) is 0.120. The van der Waals surface area contributed by atoms with Gasteiger partial charge in [-0.25, -0.2) is 19.2 Å². The van der Waals surface area contributed by atoms with Gasteiger partial charge in [0, 0.05) is 0 Å². The molecule has 0 heterocycles. The van der Waals surface area contributed by atoms with Gasteiger partial charge in [-0.05, 0) is 29.8 Å². The molecule has 0 bridgehead atoms. The third kappa shape index (κ3) is 9.26. The second kappa shape index (κ2) is 13.6. The summed E-state index contributed by atoms with van der Waals surface area (Å²) in [5.41, 5.74) is 0.806. The monoisotopic (exact) mass is 482 g/mol. The number of hydrogen-bond donors (Lipinski definition) is 3. The van der Waals surface area contributed by atoms with Gasteiger partial charge in [0.05, 0.1) is 0 Å². The number of esters is 3. The van der Waals surface area contributed by atoms with Gasteiger partial charge in [0.1, 0.15) is 29.2 Å². The molecule has 0 saturated carbocycles.